The van der Waals surface area contributed by atoms with Gasteiger partial charge in [-0.1, -0.05) is 23.7 Å². The van der Waals surface area contributed by atoms with Gasteiger partial charge < -0.3 is 19.7 Å². The fourth-order valence-electron chi connectivity index (χ4n) is 3.12. The van der Waals surface area contributed by atoms with Crippen LogP contribution < -0.4 is 5.32 Å². The Morgan fingerprint density at radius 2 is 1.97 bits per heavy atom. The Bertz CT molecular complexity index is 833. The van der Waals surface area contributed by atoms with Gasteiger partial charge in [-0.2, -0.15) is 0 Å². The van der Waals surface area contributed by atoms with Gasteiger partial charge in [-0.25, -0.2) is 4.99 Å². The van der Waals surface area contributed by atoms with Crippen LogP contribution in [0.1, 0.15) is 18.3 Å². The fourth-order valence-corrected chi connectivity index (χ4v) is 3.34. The van der Waals surface area contributed by atoms with Crippen LogP contribution >= 0.6 is 35.6 Å². The number of piperazine rings is 1. The van der Waals surface area contributed by atoms with E-state index < -0.39 is 0 Å². The highest BCUT2D eigenvalue weighted by molar-refractivity contribution is 14.0. The quantitative estimate of drug-likeness (QED) is 0.363. The summed E-state index contributed by atoms with van der Waals surface area (Å²) in [5.74, 6) is 1.78. The number of aromatic nitrogens is 3. The second kappa shape index (κ2) is 11.3. The average Bonchev–Trinajstić information content (AvgIpc) is 3.10. The SMILES string of the molecule is CCNC(=NCc1nncn1C)N1CCN(C(=O)Cc2cccc(Cl)c2)CC1.I. The average molecular weight is 532 g/mol. The molecule has 1 aliphatic rings. The van der Waals surface area contributed by atoms with Gasteiger partial charge in [-0.3, -0.25) is 4.79 Å². The van der Waals surface area contributed by atoms with E-state index in [2.05, 4.69) is 25.4 Å². The zero-order valence-corrected chi connectivity index (χ0v) is 19.8. The number of halogens is 2. The Morgan fingerprint density at radius 1 is 1.24 bits per heavy atom. The first-order chi connectivity index (χ1) is 13.6. The van der Waals surface area contributed by atoms with Crippen molar-refractivity contribution in [2.24, 2.45) is 12.0 Å². The molecule has 0 saturated carbocycles. The largest absolute Gasteiger partial charge is 0.357 e. The highest BCUT2D eigenvalue weighted by Crippen LogP contribution is 2.13. The summed E-state index contributed by atoms with van der Waals surface area (Å²) in [5, 5.41) is 11.9. The monoisotopic (exact) mass is 531 g/mol. The van der Waals surface area contributed by atoms with E-state index in [1.165, 1.54) is 0 Å². The van der Waals surface area contributed by atoms with Crippen molar-refractivity contribution >= 4 is 47.4 Å². The van der Waals surface area contributed by atoms with Crippen LogP contribution in [0.15, 0.2) is 35.6 Å². The molecule has 1 saturated heterocycles. The lowest BCUT2D eigenvalue weighted by atomic mass is 10.1. The van der Waals surface area contributed by atoms with Crippen molar-refractivity contribution in [1.29, 1.82) is 0 Å². The fraction of sp³-hybridized carbons (Fsp3) is 0.474. The van der Waals surface area contributed by atoms with E-state index in [1.807, 2.05) is 47.7 Å². The minimum atomic E-state index is 0. The van der Waals surface area contributed by atoms with Gasteiger partial charge in [0, 0.05) is 44.8 Å². The first-order valence-corrected chi connectivity index (χ1v) is 9.83. The van der Waals surface area contributed by atoms with Crippen molar-refractivity contribution in [1.82, 2.24) is 29.9 Å². The summed E-state index contributed by atoms with van der Waals surface area (Å²) in [4.78, 5) is 21.4. The van der Waals surface area contributed by atoms with E-state index in [0.717, 1.165) is 37.0 Å². The van der Waals surface area contributed by atoms with Gasteiger partial charge in [-0.15, -0.1) is 34.2 Å². The molecule has 158 valence electrons. The van der Waals surface area contributed by atoms with Crippen LogP contribution in [0.2, 0.25) is 5.02 Å². The second-order valence-corrected chi connectivity index (χ2v) is 7.14. The molecule has 1 aromatic heterocycles. The Labute approximate surface area is 193 Å². The molecule has 0 radical (unpaired) electrons. The summed E-state index contributed by atoms with van der Waals surface area (Å²) in [6, 6.07) is 7.47. The van der Waals surface area contributed by atoms with E-state index in [1.54, 1.807) is 6.33 Å². The zero-order valence-electron chi connectivity index (χ0n) is 16.7. The predicted octanol–water partition coefficient (Wildman–Crippen LogP) is 1.94. The van der Waals surface area contributed by atoms with Crippen LogP contribution in [-0.2, 0) is 24.8 Å². The summed E-state index contributed by atoms with van der Waals surface area (Å²) < 4.78 is 1.86. The van der Waals surface area contributed by atoms with Gasteiger partial charge in [-0.05, 0) is 24.6 Å². The number of carbonyl (C=O) groups is 1. The normalized spacial score (nSPS) is 14.5. The Kier molecular flexibility index (Phi) is 9.15. The van der Waals surface area contributed by atoms with Crippen LogP contribution in [0.4, 0.5) is 0 Å². The molecule has 1 amide bonds. The van der Waals surface area contributed by atoms with Crippen molar-refractivity contribution in [3.63, 3.8) is 0 Å². The molecular weight excluding hydrogens is 505 g/mol. The van der Waals surface area contributed by atoms with Gasteiger partial charge >= 0.3 is 0 Å². The summed E-state index contributed by atoms with van der Waals surface area (Å²) in [7, 11) is 1.90. The van der Waals surface area contributed by atoms with E-state index in [0.29, 0.717) is 31.1 Å². The van der Waals surface area contributed by atoms with Gasteiger partial charge in [0.05, 0.1) is 6.42 Å². The molecule has 3 rings (SSSR count). The maximum absolute atomic E-state index is 12.6. The lowest BCUT2D eigenvalue weighted by molar-refractivity contribution is -0.131. The number of nitrogens with one attached hydrogen (secondary N) is 1. The van der Waals surface area contributed by atoms with E-state index >= 15 is 0 Å². The maximum atomic E-state index is 12.6. The predicted molar refractivity (Wildman–Crippen MR) is 125 cm³/mol. The molecule has 0 bridgehead atoms. The van der Waals surface area contributed by atoms with Crippen LogP contribution in [0, 0.1) is 0 Å². The van der Waals surface area contributed by atoms with Crippen molar-refractivity contribution in [2.75, 3.05) is 32.7 Å². The summed E-state index contributed by atoms with van der Waals surface area (Å²) in [6.45, 7) is 6.13. The topological polar surface area (TPSA) is 78.7 Å². The summed E-state index contributed by atoms with van der Waals surface area (Å²) in [6.07, 6.45) is 2.04. The number of hydrogen-bond acceptors (Lipinski definition) is 4. The van der Waals surface area contributed by atoms with Gasteiger partial charge in [0.1, 0.15) is 12.9 Å². The van der Waals surface area contributed by atoms with Crippen LogP contribution in [-0.4, -0.2) is 69.2 Å². The highest BCUT2D eigenvalue weighted by Gasteiger charge is 2.23. The van der Waals surface area contributed by atoms with Crippen molar-refractivity contribution in [3.8, 4) is 0 Å². The van der Waals surface area contributed by atoms with Crippen LogP contribution in [0.25, 0.3) is 0 Å². The van der Waals surface area contributed by atoms with Crippen LogP contribution in [0.5, 0.6) is 0 Å². The number of hydrogen-bond donors (Lipinski definition) is 1. The Morgan fingerprint density at radius 3 is 2.59 bits per heavy atom. The second-order valence-electron chi connectivity index (χ2n) is 6.70. The zero-order chi connectivity index (χ0) is 19.9. The number of aryl methyl sites for hydroxylation is 1. The van der Waals surface area contributed by atoms with Crippen molar-refractivity contribution in [3.05, 3.63) is 47.0 Å². The molecular formula is C19H27ClIN7O. The lowest BCUT2D eigenvalue weighted by Gasteiger charge is -2.36. The van der Waals surface area contributed by atoms with Gasteiger partial charge in [0.15, 0.2) is 11.8 Å². The molecule has 1 fully saturated rings. The minimum Gasteiger partial charge on any atom is -0.357 e. The number of nitrogens with zero attached hydrogens (tertiary/aromatic N) is 6. The third-order valence-electron chi connectivity index (χ3n) is 4.69. The summed E-state index contributed by atoms with van der Waals surface area (Å²) >= 11 is 6.01. The minimum absolute atomic E-state index is 0. The third kappa shape index (κ3) is 6.56. The van der Waals surface area contributed by atoms with Crippen molar-refractivity contribution < 1.29 is 4.79 Å². The molecule has 1 aliphatic heterocycles. The molecule has 8 nitrogen and oxygen atoms in total. The van der Waals surface area contributed by atoms with Crippen LogP contribution in [0.3, 0.4) is 0 Å². The molecule has 0 aliphatic carbocycles. The number of benzene rings is 1. The smallest absolute Gasteiger partial charge is 0.227 e. The van der Waals surface area contributed by atoms with E-state index in [9.17, 15) is 4.79 Å². The van der Waals surface area contributed by atoms with Crippen molar-refractivity contribution in [2.45, 2.75) is 19.9 Å². The molecule has 10 heteroatoms. The molecule has 1 aromatic carbocycles. The molecule has 0 unspecified atom stereocenters. The Balaban J connectivity index is 0.00000300. The number of aliphatic imine (C=N–C) groups is 1. The molecule has 0 atom stereocenters. The first-order valence-electron chi connectivity index (χ1n) is 9.45. The molecule has 2 heterocycles. The Hall–Kier alpha value is -1.88. The number of guanidine groups is 1. The van der Waals surface area contributed by atoms with Gasteiger partial charge in [0.25, 0.3) is 0 Å². The molecule has 0 spiro atoms. The third-order valence-corrected chi connectivity index (χ3v) is 4.92. The van der Waals surface area contributed by atoms with E-state index in [-0.39, 0.29) is 29.9 Å². The number of rotatable bonds is 5. The first kappa shape index (κ1) is 23.4. The number of carbonyl (C=O) groups excluding carboxylic acids is 1. The molecule has 1 N–H and O–H groups in total. The molecule has 2 aromatic rings. The molecule has 29 heavy (non-hydrogen) atoms. The lowest BCUT2D eigenvalue weighted by Crippen LogP contribution is -2.54. The van der Waals surface area contributed by atoms with E-state index in [4.69, 9.17) is 11.6 Å². The summed E-state index contributed by atoms with van der Waals surface area (Å²) in [5.41, 5.74) is 0.943. The standard InChI is InChI=1S/C19H26ClN7O.HI/c1-3-21-19(22-13-17-24-23-14-25(17)2)27-9-7-26(8-10-27)18(28)12-15-5-4-6-16(20)11-15;/h4-6,11,14H,3,7-10,12-13H2,1-2H3,(H,21,22);1H. The van der Waals surface area contributed by atoms with Gasteiger partial charge in [0.2, 0.25) is 5.91 Å². The maximum Gasteiger partial charge on any atom is 0.227 e. The number of amides is 1. The highest BCUT2D eigenvalue weighted by atomic mass is 127.